The Balaban J connectivity index is 0. The molecule has 1 aromatic rings. The lowest BCUT2D eigenvalue weighted by Crippen LogP contribution is -2.10. The van der Waals surface area contributed by atoms with E-state index in [1.54, 1.807) is 0 Å². The van der Waals surface area contributed by atoms with Crippen LogP contribution >= 0.6 is 12.4 Å². The molecule has 1 aromatic carbocycles. The predicted molar refractivity (Wildman–Crippen MR) is 140 cm³/mol. The van der Waals surface area contributed by atoms with Crippen LogP contribution in [0.5, 0.6) is 0 Å². The molecule has 0 fully saturated rings. The van der Waals surface area contributed by atoms with E-state index in [9.17, 15) is 0 Å². The fourth-order valence-electron chi connectivity index (χ4n) is 3.64. The number of benzene rings is 1. The molecule has 0 saturated heterocycles. The van der Waals surface area contributed by atoms with Crippen LogP contribution in [-0.2, 0) is 6.54 Å². The first-order valence-electron chi connectivity index (χ1n) is 12.6. The Labute approximate surface area is 195 Å². The van der Waals surface area contributed by atoms with Crippen molar-refractivity contribution in [1.29, 1.82) is 0 Å². The van der Waals surface area contributed by atoms with E-state index in [0.717, 1.165) is 13.1 Å². The molecule has 0 bridgehead atoms. The largest absolute Gasteiger partial charge is 0.330 e. The van der Waals surface area contributed by atoms with Crippen molar-refractivity contribution in [3.05, 3.63) is 35.9 Å². The second-order valence-electron chi connectivity index (χ2n) is 8.82. The van der Waals surface area contributed by atoms with Gasteiger partial charge in [-0.15, -0.1) is 12.4 Å². The summed E-state index contributed by atoms with van der Waals surface area (Å²) < 4.78 is 0. The lowest BCUT2D eigenvalue weighted by molar-refractivity contribution is 0.402. The molecule has 0 spiro atoms. The molecule has 178 valence electrons. The van der Waals surface area contributed by atoms with Crippen LogP contribution in [0.2, 0.25) is 0 Å². The zero-order valence-electron chi connectivity index (χ0n) is 20.5. The topological polar surface area (TPSA) is 29.3 Å². The van der Waals surface area contributed by atoms with Gasteiger partial charge in [0.05, 0.1) is 0 Å². The summed E-state index contributed by atoms with van der Waals surface area (Å²) in [5, 5.41) is 0. The van der Waals surface area contributed by atoms with Crippen molar-refractivity contribution in [2.45, 2.75) is 116 Å². The molecule has 0 aliphatic rings. The number of hydrogen-bond acceptors (Lipinski definition) is 2. The van der Waals surface area contributed by atoms with Gasteiger partial charge >= 0.3 is 0 Å². The van der Waals surface area contributed by atoms with Gasteiger partial charge < -0.3 is 10.6 Å². The molecule has 0 atom stereocenters. The zero-order chi connectivity index (χ0) is 21.4. The fourth-order valence-corrected chi connectivity index (χ4v) is 3.64. The standard InChI is InChI=1S/C18H39N.C9H13N.ClH/c1-2-3-4-5-6-7-8-9-10-11-12-13-14-15-16-17-18-19;1-10(2)8-9-6-4-3-5-7-9;/h2-19H2,1H3;3-7H,8H2,1-2H3;1H. The first-order chi connectivity index (χ1) is 14.2. The molecule has 1 rings (SSSR count). The Morgan fingerprint density at radius 3 is 1.30 bits per heavy atom. The third kappa shape index (κ3) is 25.5. The molecular formula is C27H53ClN2. The van der Waals surface area contributed by atoms with Gasteiger partial charge in [-0.3, -0.25) is 0 Å². The monoisotopic (exact) mass is 440 g/mol. The Bertz CT molecular complexity index is 393. The normalized spacial score (nSPS) is 10.4. The first-order valence-corrected chi connectivity index (χ1v) is 12.6. The van der Waals surface area contributed by atoms with Crippen LogP contribution in [0.15, 0.2) is 30.3 Å². The second kappa shape index (κ2) is 26.5. The molecule has 2 N–H and O–H groups in total. The van der Waals surface area contributed by atoms with Gasteiger partial charge in [0.2, 0.25) is 0 Å². The Kier molecular flexibility index (Phi) is 27.9. The van der Waals surface area contributed by atoms with Crippen LogP contribution in [0, 0.1) is 0 Å². The van der Waals surface area contributed by atoms with E-state index < -0.39 is 0 Å². The van der Waals surface area contributed by atoms with E-state index in [4.69, 9.17) is 5.73 Å². The smallest absolute Gasteiger partial charge is 0.0227 e. The first kappa shape index (κ1) is 31.6. The number of nitrogens with zero attached hydrogens (tertiary/aromatic N) is 1. The van der Waals surface area contributed by atoms with Gasteiger partial charge in [0.1, 0.15) is 0 Å². The van der Waals surface area contributed by atoms with Crippen LogP contribution in [-0.4, -0.2) is 25.5 Å². The molecule has 0 aromatic heterocycles. The van der Waals surface area contributed by atoms with Crippen molar-refractivity contribution < 1.29 is 0 Å². The van der Waals surface area contributed by atoms with E-state index in [0.29, 0.717) is 0 Å². The molecular weight excluding hydrogens is 388 g/mol. The lowest BCUT2D eigenvalue weighted by Gasteiger charge is -2.08. The minimum absolute atomic E-state index is 0. The summed E-state index contributed by atoms with van der Waals surface area (Å²) >= 11 is 0. The van der Waals surface area contributed by atoms with E-state index in [-0.39, 0.29) is 12.4 Å². The molecule has 0 aliphatic carbocycles. The molecule has 0 saturated carbocycles. The highest BCUT2D eigenvalue weighted by molar-refractivity contribution is 5.85. The minimum atomic E-state index is 0. The van der Waals surface area contributed by atoms with Crippen LogP contribution < -0.4 is 5.73 Å². The highest BCUT2D eigenvalue weighted by Gasteiger charge is 1.94. The number of unbranched alkanes of at least 4 members (excludes halogenated alkanes) is 15. The summed E-state index contributed by atoms with van der Waals surface area (Å²) in [7, 11) is 4.15. The van der Waals surface area contributed by atoms with Crippen molar-refractivity contribution in [3.8, 4) is 0 Å². The molecule has 0 unspecified atom stereocenters. The predicted octanol–water partition coefficient (Wildman–Crippen LogP) is 8.38. The second-order valence-corrected chi connectivity index (χ2v) is 8.82. The number of hydrogen-bond donors (Lipinski definition) is 1. The van der Waals surface area contributed by atoms with Crippen LogP contribution in [0.1, 0.15) is 115 Å². The van der Waals surface area contributed by atoms with Crippen molar-refractivity contribution in [2.24, 2.45) is 5.73 Å². The molecule has 30 heavy (non-hydrogen) atoms. The SMILES string of the molecule is CCCCCCCCCCCCCCCCCCN.CN(C)Cc1ccccc1.Cl. The number of halogens is 1. The number of rotatable bonds is 18. The quantitative estimate of drug-likeness (QED) is 0.232. The summed E-state index contributed by atoms with van der Waals surface area (Å²) in [4.78, 5) is 2.16. The molecule has 0 aliphatic heterocycles. The number of nitrogens with two attached hydrogens (primary N) is 1. The zero-order valence-corrected chi connectivity index (χ0v) is 21.4. The molecule has 0 amide bonds. The molecule has 0 heterocycles. The van der Waals surface area contributed by atoms with Gasteiger partial charge in [-0.2, -0.15) is 0 Å². The highest BCUT2D eigenvalue weighted by Crippen LogP contribution is 2.13. The maximum absolute atomic E-state index is 5.48. The Morgan fingerprint density at radius 2 is 0.967 bits per heavy atom. The third-order valence-corrected chi connectivity index (χ3v) is 5.40. The van der Waals surface area contributed by atoms with E-state index in [1.165, 1.54) is 108 Å². The average molecular weight is 441 g/mol. The van der Waals surface area contributed by atoms with E-state index in [2.05, 4.69) is 50.2 Å². The van der Waals surface area contributed by atoms with Gasteiger partial charge in [-0.05, 0) is 32.6 Å². The minimum Gasteiger partial charge on any atom is -0.330 e. The van der Waals surface area contributed by atoms with Crippen molar-refractivity contribution in [3.63, 3.8) is 0 Å². The van der Waals surface area contributed by atoms with Crippen LogP contribution in [0.3, 0.4) is 0 Å². The average Bonchev–Trinajstić information content (AvgIpc) is 2.72. The summed E-state index contributed by atoms with van der Waals surface area (Å²) in [6.07, 6.45) is 22.9. The van der Waals surface area contributed by atoms with Crippen LogP contribution in [0.25, 0.3) is 0 Å². The maximum atomic E-state index is 5.48. The summed E-state index contributed by atoms with van der Waals surface area (Å²) in [6, 6.07) is 10.5. The van der Waals surface area contributed by atoms with Gasteiger partial charge in [-0.1, -0.05) is 134 Å². The van der Waals surface area contributed by atoms with Gasteiger partial charge in [-0.25, -0.2) is 0 Å². The summed E-state index contributed by atoms with van der Waals surface area (Å²) in [5.41, 5.74) is 6.85. The van der Waals surface area contributed by atoms with Crippen molar-refractivity contribution in [2.75, 3.05) is 20.6 Å². The third-order valence-electron chi connectivity index (χ3n) is 5.40. The van der Waals surface area contributed by atoms with Crippen molar-refractivity contribution >= 4 is 12.4 Å². The van der Waals surface area contributed by atoms with Gasteiger partial charge in [0, 0.05) is 6.54 Å². The van der Waals surface area contributed by atoms with Gasteiger partial charge in [0.15, 0.2) is 0 Å². The van der Waals surface area contributed by atoms with Crippen LogP contribution in [0.4, 0.5) is 0 Å². The Hall–Kier alpha value is -0.570. The van der Waals surface area contributed by atoms with Crippen molar-refractivity contribution in [1.82, 2.24) is 4.90 Å². The van der Waals surface area contributed by atoms with E-state index >= 15 is 0 Å². The molecule has 0 radical (unpaired) electrons. The summed E-state index contributed by atoms with van der Waals surface area (Å²) in [5.74, 6) is 0. The summed E-state index contributed by atoms with van der Waals surface area (Å²) in [6.45, 7) is 4.19. The molecule has 2 nitrogen and oxygen atoms in total. The fraction of sp³-hybridized carbons (Fsp3) is 0.778. The van der Waals surface area contributed by atoms with Gasteiger partial charge in [0.25, 0.3) is 0 Å². The molecule has 3 heteroatoms. The highest BCUT2D eigenvalue weighted by atomic mass is 35.5. The lowest BCUT2D eigenvalue weighted by atomic mass is 10.0. The van der Waals surface area contributed by atoms with E-state index in [1.807, 2.05) is 6.07 Å². The Morgan fingerprint density at radius 1 is 0.600 bits per heavy atom. The maximum Gasteiger partial charge on any atom is 0.0227 e.